The van der Waals surface area contributed by atoms with Crippen molar-refractivity contribution in [1.82, 2.24) is 10.1 Å². The molecule has 0 aliphatic heterocycles. The molecule has 0 amide bonds. The summed E-state index contributed by atoms with van der Waals surface area (Å²) in [4.78, 5) is 16.1. The topological polar surface area (TPSA) is 65.2 Å². The second-order valence-corrected chi connectivity index (χ2v) is 5.95. The number of nitrogens with zero attached hydrogens (tertiary/aromatic N) is 2. The zero-order chi connectivity index (χ0) is 16.2. The predicted octanol–water partition coefficient (Wildman–Crippen LogP) is 4.51. The Morgan fingerprint density at radius 3 is 2.52 bits per heavy atom. The van der Waals surface area contributed by atoms with E-state index in [1.165, 1.54) is 0 Å². The van der Waals surface area contributed by atoms with Crippen molar-refractivity contribution in [3.63, 3.8) is 0 Å². The van der Waals surface area contributed by atoms with Crippen LogP contribution in [0.15, 0.2) is 57.5 Å². The van der Waals surface area contributed by atoms with Crippen LogP contribution in [0.1, 0.15) is 16.2 Å². The first-order valence-electron chi connectivity index (χ1n) is 6.63. The van der Waals surface area contributed by atoms with Crippen LogP contribution in [0.25, 0.3) is 11.4 Å². The largest absolute Gasteiger partial charge is 0.452 e. The molecule has 0 aliphatic rings. The summed E-state index contributed by atoms with van der Waals surface area (Å²) in [7, 11) is 0. The summed E-state index contributed by atoms with van der Waals surface area (Å²) in [5.41, 5.74) is 1.22. The minimum atomic E-state index is -0.481. The molecule has 0 fully saturated rings. The summed E-state index contributed by atoms with van der Waals surface area (Å²) in [6.07, 6.45) is 0. The van der Waals surface area contributed by atoms with Crippen LogP contribution in [0.3, 0.4) is 0 Å². The Morgan fingerprint density at radius 1 is 1.13 bits per heavy atom. The van der Waals surface area contributed by atoms with Gasteiger partial charge in [-0.05, 0) is 48.5 Å². The highest BCUT2D eigenvalue weighted by atomic mass is 79.9. The highest BCUT2D eigenvalue weighted by Gasteiger charge is 2.12. The maximum Gasteiger partial charge on any atom is 0.338 e. The molecule has 1 heterocycles. The highest BCUT2D eigenvalue weighted by Crippen LogP contribution is 2.19. The molecule has 5 nitrogen and oxygen atoms in total. The first kappa shape index (κ1) is 15.7. The molecule has 7 heteroatoms. The zero-order valence-corrected chi connectivity index (χ0v) is 14.0. The Bertz CT molecular complexity index is 816. The van der Waals surface area contributed by atoms with Gasteiger partial charge in [-0.25, -0.2) is 4.79 Å². The quantitative estimate of drug-likeness (QED) is 0.610. The maximum absolute atomic E-state index is 11.9. The minimum Gasteiger partial charge on any atom is -0.452 e. The number of halogens is 2. The monoisotopic (exact) mass is 392 g/mol. The van der Waals surface area contributed by atoms with E-state index in [4.69, 9.17) is 20.9 Å². The second kappa shape index (κ2) is 6.93. The van der Waals surface area contributed by atoms with E-state index < -0.39 is 5.97 Å². The highest BCUT2D eigenvalue weighted by molar-refractivity contribution is 9.10. The van der Waals surface area contributed by atoms with Gasteiger partial charge in [-0.1, -0.05) is 32.7 Å². The Labute approximate surface area is 145 Å². The van der Waals surface area contributed by atoms with Crippen LogP contribution >= 0.6 is 27.5 Å². The third-order valence-electron chi connectivity index (χ3n) is 2.98. The number of ether oxygens (including phenoxy) is 1. The van der Waals surface area contributed by atoms with Gasteiger partial charge in [0.25, 0.3) is 5.89 Å². The van der Waals surface area contributed by atoms with Crippen LogP contribution in [0.5, 0.6) is 0 Å². The lowest BCUT2D eigenvalue weighted by Gasteiger charge is -2.01. The smallest absolute Gasteiger partial charge is 0.338 e. The molecule has 3 aromatic rings. The fourth-order valence-corrected chi connectivity index (χ4v) is 2.22. The molecule has 0 spiro atoms. The molecule has 0 N–H and O–H groups in total. The van der Waals surface area contributed by atoms with Crippen molar-refractivity contribution in [3.8, 4) is 11.4 Å². The Hall–Kier alpha value is -2.18. The normalized spacial score (nSPS) is 10.5. The molecule has 116 valence electrons. The van der Waals surface area contributed by atoms with Gasteiger partial charge in [0.2, 0.25) is 5.82 Å². The van der Waals surface area contributed by atoms with E-state index >= 15 is 0 Å². The molecule has 23 heavy (non-hydrogen) atoms. The summed E-state index contributed by atoms with van der Waals surface area (Å²) < 4.78 is 11.2. The van der Waals surface area contributed by atoms with Gasteiger partial charge in [-0.15, -0.1) is 0 Å². The van der Waals surface area contributed by atoms with E-state index in [0.29, 0.717) is 16.4 Å². The van der Waals surface area contributed by atoms with Gasteiger partial charge in [0.15, 0.2) is 6.61 Å². The van der Waals surface area contributed by atoms with E-state index in [2.05, 4.69) is 26.1 Å². The lowest BCUT2D eigenvalue weighted by atomic mass is 10.2. The van der Waals surface area contributed by atoms with E-state index in [9.17, 15) is 4.79 Å². The van der Waals surface area contributed by atoms with Gasteiger partial charge in [-0.3, -0.25) is 0 Å². The minimum absolute atomic E-state index is 0.0923. The van der Waals surface area contributed by atoms with Gasteiger partial charge in [0.1, 0.15) is 0 Å². The Balaban J connectivity index is 1.64. The lowest BCUT2D eigenvalue weighted by molar-refractivity contribution is 0.0430. The average molecular weight is 394 g/mol. The summed E-state index contributed by atoms with van der Waals surface area (Å²) in [6.45, 7) is -0.0923. The zero-order valence-electron chi connectivity index (χ0n) is 11.7. The summed E-state index contributed by atoms with van der Waals surface area (Å²) in [6, 6.07) is 13.9. The number of hydrogen-bond donors (Lipinski definition) is 0. The fourth-order valence-electron chi connectivity index (χ4n) is 1.83. The molecule has 2 aromatic carbocycles. The van der Waals surface area contributed by atoms with Gasteiger partial charge >= 0.3 is 5.97 Å². The number of aromatic nitrogens is 2. The van der Waals surface area contributed by atoms with Crippen molar-refractivity contribution in [2.75, 3.05) is 0 Å². The average Bonchev–Trinajstić information content (AvgIpc) is 3.03. The van der Waals surface area contributed by atoms with Crippen LogP contribution in [0, 0.1) is 0 Å². The number of carbonyl (C=O) groups is 1. The van der Waals surface area contributed by atoms with Crippen LogP contribution in [0.2, 0.25) is 5.02 Å². The van der Waals surface area contributed by atoms with Crippen LogP contribution in [-0.2, 0) is 11.3 Å². The Kier molecular flexibility index (Phi) is 4.73. The number of esters is 1. The van der Waals surface area contributed by atoms with Crippen LogP contribution in [-0.4, -0.2) is 16.1 Å². The van der Waals surface area contributed by atoms with Gasteiger partial charge in [-0.2, -0.15) is 4.98 Å². The second-order valence-electron chi connectivity index (χ2n) is 4.60. The molecule has 0 atom stereocenters. The van der Waals surface area contributed by atoms with Gasteiger partial charge in [0.05, 0.1) is 5.56 Å². The van der Waals surface area contributed by atoms with E-state index in [1.54, 1.807) is 24.3 Å². The third kappa shape index (κ3) is 3.97. The van der Waals surface area contributed by atoms with Gasteiger partial charge in [0, 0.05) is 15.1 Å². The number of hydrogen-bond acceptors (Lipinski definition) is 5. The van der Waals surface area contributed by atoms with E-state index in [1.807, 2.05) is 24.3 Å². The third-order valence-corrected chi connectivity index (χ3v) is 3.76. The molecule has 3 rings (SSSR count). The van der Waals surface area contributed by atoms with E-state index in [0.717, 1.165) is 10.0 Å². The lowest BCUT2D eigenvalue weighted by Crippen LogP contribution is -2.05. The van der Waals surface area contributed by atoms with Crippen molar-refractivity contribution < 1.29 is 14.1 Å². The summed E-state index contributed by atoms with van der Waals surface area (Å²) >= 11 is 9.13. The number of benzene rings is 2. The number of carbonyl (C=O) groups excluding carboxylic acids is 1. The van der Waals surface area contributed by atoms with Crippen LogP contribution < -0.4 is 0 Å². The van der Waals surface area contributed by atoms with Crippen molar-refractivity contribution in [3.05, 3.63) is 69.5 Å². The van der Waals surface area contributed by atoms with Gasteiger partial charge < -0.3 is 9.26 Å². The fraction of sp³-hybridized carbons (Fsp3) is 0.0625. The molecular formula is C16H10BrClN2O3. The first-order chi connectivity index (χ1) is 11.1. The molecule has 0 bridgehead atoms. The first-order valence-corrected chi connectivity index (χ1v) is 7.80. The van der Waals surface area contributed by atoms with Crippen molar-refractivity contribution in [2.24, 2.45) is 0 Å². The SMILES string of the molecule is O=C(OCc1nc(-c2ccc(Br)cc2)no1)c1ccc(Cl)cc1. The van der Waals surface area contributed by atoms with Crippen LogP contribution in [0.4, 0.5) is 0 Å². The molecular weight excluding hydrogens is 384 g/mol. The van der Waals surface area contributed by atoms with Crippen molar-refractivity contribution in [1.29, 1.82) is 0 Å². The predicted molar refractivity (Wildman–Crippen MR) is 88.0 cm³/mol. The summed E-state index contributed by atoms with van der Waals surface area (Å²) in [5, 5.41) is 4.42. The summed E-state index contributed by atoms with van der Waals surface area (Å²) in [5.74, 6) is 0.185. The van der Waals surface area contributed by atoms with Crippen molar-refractivity contribution >= 4 is 33.5 Å². The Morgan fingerprint density at radius 2 is 1.83 bits per heavy atom. The van der Waals surface area contributed by atoms with E-state index in [-0.39, 0.29) is 12.5 Å². The molecule has 0 saturated carbocycles. The molecule has 0 unspecified atom stereocenters. The molecule has 0 radical (unpaired) electrons. The number of rotatable bonds is 4. The molecule has 0 saturated heterocycles. The van der Waals surface area contributed by atoms with Crippen molar-refractivity contribution in [2.45, 2.75) is 6.61 Å². The molecule has 0 aliphatic carbocycles. The standard InChI is InChI=1S/C16H10BrClN2O3/c17-12-5-1-10(2-6-12)15-19-14(23-20-15)9-22-16(21)11-3-7-13(18)8-4-11/h1-8H,9H2. The molecule has 1 aromatic heterocycles. The maximum atomic E-state index is 11.9.